The highest BCUT2D eigenvalue weighted by molar-refractivity contribution is 7.88. The smallest absolute Gasteiger partial charge is 0.208 e. The summed E-state index contributed by atoms with van der Waals surface area (Å²) in [5, 5.41) is 9.98. The lowest BCUT2D eigenvalue weighted by Crippen LogP contribution is -2.27. The second-order valence-electron chi connectivity index (χ2n) is 4.31. The summed E-state index contributed by atoms with van der Waals surface area (Å²) in [5.74, 6) is 0.750. The van der Waals surface area contributed by atoms with Crippen molar-refractivity contribution in [1.82, 2.24) is 4.72 Å². The molecule has 1 unspecified atom stereocenters. The monoisotopic (exact) mass is 273 g/mol. The Morgan fingerprint density at radius 2 is 1.94 bits per heavy atom. The maximum absolute atomic E-state index is 11.0. The third-order valence-corrected chi connectivity index (χ3v) is 3.37. The molecule has 0 heterocycles. The van der Waals surface area contributed by atoms with Crippen LogP contribution in [0.1, 0.15) is 22.8 Å². The maximum Gasteiger partial charge on any atom is 0.208 e. The van der Waals surface area contributed by atoms with Gasteiger partial charge in [-0.25, -0.2) is 13.1 Å². The minimum atomic E-state index is -3.30. The second-order valence-corrected chi connectivity index (χ2v) is 6.15. The van der Waals surface area contributed by atoms with Crippen LogP contribution in [0.15, 0.2) is 12.1 Å². The first-order valence-electron chi connectivity index (χ1n) is 5.52. The average molecular weight is 273 g/mol. The van der Waals surface area contributed by atoms with Gasteiger partial charge in [-0.15, -0.1) is 0 Å². The standard InChI is InChI=1S/C12H19NO4S/c1-8-6-12(17-3)9(2)5-10(8)11(14)7-13-18(4,15)16/h5-6,11,13-14H,7H2,1-4H3. The minimum Gasteiger partial charge on any atom is -0.496 e. The molecule has 0 bridgehead atoms. The Labute approximate surface area is 108 Å². The Morgan fingerprint density at radius 1 is 1.33 bits per heavy atom. The molecule has 1 rings (SSSR count). The SMILES string of the molecule is COc1cc(C)c(C(O)CNS(C)(=O)=O)cc1C. The van der Waals surface area contributed by atoms with Gasteiger partial charge in [0.1, 0.15) is 5.75 Å². The molecule has 6 heteroatoms. The van der Waals surface area contributed by atoms with Gasteiger partial charge in [-0.2, -0.15) is 0 Å². The number of nitrogens with one attached hydrogen (secondary N) is 1. The van der Waals surface area contributed by atoms with Crippen LogP contribution in [-0.4, -0.2) is 33.4 Å². The van der Waals surface area contributed by atoms with E-state index in [1.807, 2.05) is 26.0 Å². The Hall–Kier alpha value is -1.11. The Kier molecular flexibility index (Phi) is 4.72. The van der Waals surface area contributed by atoms with E-state index in [0.717, 1.165) is 23.1 Å². The number of methoxy groups -OCH3 is 1. The number of rotatable bonds is 5. The van der Waals surface area contributed by atoms with E-state index >= 15 is 0 Å². The van der Waals surface area contributed by atoms with E-state index in [1.54, 1.807) is 7.11 Å². The van der Waals surface area contributed by atoms with Crippen molar-refractivity contribution in [3.8, 4) is 5.75 Å². The normalized spacial score (nSPS) is 13.4. The van der Waals surface area contributed by atoms with Gasteiger partial charge in [0.15, 0.2) is 0 Å². The van der Waals surface area contributed by atoms with E-state index in [9.17, 15) is 13.5 Å². The number of hydrogen-bond acceptors (Lipinski definition) is 4. The molecule has 0 spiro atoms. The van der Waals surface area contributed by atoms with Gasteiger partial charge in [0.25, 0.3) is 0 Å². The fourth-order valence-electron chi connectivity index (χ4n) is 1.73. The predicted molar refractivity (Wildman–Crippen MR) is 70.3 cm³/mol. The molecule has 0 saturated carbocycles. The molecule has 5 nitrogen and oxygen atoms in total. The average Bonchev–Trinajstić information content (AvgIpc) is 2.27. The van der Waals surface area contributed by atoms with E-state index in [-0.39, 0.29) is 6.54 Å². The number of hydrogen-bond donors (Lipinski definition) is 2. The summed E-state index contributed by atoms with van der Waals surface area (Å²) >= 11 is 0. The van der Waals surface area contributed by atoms with Gasteiger partial charge in [-0.3, -0.25) is 0 Å². The van der Waals surface area contributed by atoms with Crippen molar-refractivity contribution < 1.29 is 18.3 Å². The Bertz CT molecular complexity index is 525. The summed E-state index contributed by atoms with van der Waals surface area (Å²) in [4.78, 5) is 0. The van der Waals surface area contributed by atoms with Crippen molar-refractivity contribution in [1.29, 1.82) is 0 Å². The zero-order valence-corrected chi connectivity index (χ0v) is 11.8. The van der Waals surface area contributed by atoms with Gasteiger partial charge in [0.05, 0.1) is 19.5 Å². The van der Waals surface area contributed by atoms with Gasteiger partial charge < -0.3 is 9.84 Å². The van der Waals surface area contributed by atoms with Crippen molar-refractivity contribution in [3.63, 3.8) is 0 Å². The number of aliphatic hydroxyl groups excluding tert-OH is 1. The quantitative estimate of drug-likeness (QED) is 0.835. The molecule has 0 saturated heterocycles. The van der Waals surface area contributed by atoms with Crippen LogP contribution in [0.3, 0.4) is 0 Å². The largest absolute Gasteiger partial charge is 0.496 e. The minimum absolute atomic E-state index is 0.0363. The summed E-state index contributed by atoms with van der Waals surface area (Å²) in [6.07, 6.45) is 0.190. The van der Waals surface area contributed by atoms with Gasteiger partial charge >= 0.3 is 0 Å². The van der Waals surface area contributed by atoms with Crippen LogP contribution in [0.25, 0.3) is 0 Å². The lowest BCUT2D eigenvalue weighted by molar-refractivity contribution is 0.181. The van der Waals surface area contributed by atoms with Crippen LogP contribution in [0.5, 0.6) is 5.75 Å². The fraction of sp³-hybridized carbons (Fsp3) is 0.500. The first-order chi connectivity index (χ1) is 8.24. The summed E-state index contributed by atoms with van der Waals surface area (Å²) in [6.45, 7) is 3.69. The summed E-state index contributed by atoms with van der Waals surface area (Å²) in [6, 6.07) is 3.64. The first-order valence-corrected chi connectivity index (χ1v) is 7.41. The number of aliphatic hydroxyl groups is 1. The Morgan fingerprint density at radius 3 is 2.44 bits per heavy atom. The molecule has 0 aliphatic carbocycles. The zero-order chi connectivity index (χ0) is 13.9. The molecule has 18 heavy (non-hydrogen) atoms. The summed E-state index contributed by atoms with van der Waals surface area (Å²) in [5.41, 5.74) is 2.46. The van der Waals surface area contributed by atoms with E-state index in [1.165, 1.54) is 0 Å². The highest BCUT2D eigenvalue weighted by Gasteiger charge is 2.14. The Balaban J connectivity index is 2.92. The van der Waals surface area contributed by atoms with Gasteiger partial charge in [0.2, 0.25) is 10.0 Å². The maximum atomic E-state index is 11.0. The highest BCUT2D eigenvalue weighted by atomic mass is 32.2. The second kappa shape index (κ2) is 5.69. The van der Waals surface area contributed by atoms with E-state index in [2.05, 4.69) is 4.72 Å². The fourth-order valence-corrected chi connectivity index (χ4v) is 2.19. The topological polar surface area (TPSA) is 75.6 Å². The molecule has 0 aliphatic rings. The molecule has 0 radical (unpaired) electrons. The van der Waals surface area contributed by atoms with Crippen molar-refractivity contribution in [2.75, 3.05) is 19.9 Å². The van der Waals surface area contributed by atoms with Crippen LogP contribution in [0.2, 0.25) is 0 Å². The molecule has 102 valence electrons. The molecule has 2 N–H and O–H groups in total. The van der Waals surface area contributed by atoms with Crippen LogP contribution >= 0.6 is 0 Å². The highest BCUT2D eigenvalue weighted by Crippen LogP contribution is 2.26. The van der Waals surface area contributed by atoms with Crippen molar-refractivity contribution >= 4 is 10.0 Å². The molecule has 0 aromatic heterocycles. The lowest BCUT2D eigenvalue weighted by atomic mass is 10.00. The van der Waals surface area contributed by atoms with E-state index in [0.29, 0.717) is 5.56 Å². The molecular weight excluding hydrogens is 254 g/mol. The molecule has 1 atom stereocenters. The van der Waals surface area contributed by atoms with Crippen LogP contribution in [-0.2, 0) is 10.0 Å². The lowest BCUT2D eigenvalue weighted by Gasteiger charge is -2.16. The first kappa shape index (κ1) is 14.9. The third-order valence-electron chi connectivity index (χ3n) is 2.68. The molecular formula is C12H19NO4S. The van der Waals surface area contributed by atoms with Gasteiger partial charge in [0, 0.05) is 6.54 Å². The van der Waals surface area contributed by atoms with E-state index < -0.39 is 16.1 Å². The molecule has 1 aromatic carbocycles. The van der Waals surface area contributed by atoms with Crippen LogP contribution < -0.4 is 9.46 Å². The van der Waals surface area contributed by atoms with Crippen molar-refractivity contribution in [3.05, 3.63) is 28.8 Å². The summed E-state index contributed by atoms with van der Waals surface area (Å²) in [7, 11) is -1.71. The van der Waals surface area contributed by atoms with E-state index in [4.69, 9.17) is 4.74 Å². The number of sulfonamides is 1. The zero-order valence-electron chi connectivity index (χ0n) is 11.0. The van der Waals surface area contributed by atoms with Gasteiger partial charge in [-0.1, -0.05) is 0 Å². The number of aryl methyl sites for hydroxylation is 2. The van der Waals surface area contributed by atoms with Gasteiger partial charge in [-0.05, 0) is 42.7 Å². The van der Waals surface area contributed by atoms with Crippen LogP contribution in [0.4, 0.5) is 0 Å². The number of ether oxygens (including phenoxy) is 1. The predicted octanol–water partition coefficient (Wildman–Crippen LogP) is 0.895. The molecule has 1 aromatic rings. The summed E-state index contributed by atoms with van der Waals surface area (Å²) < 4.78 is 29.4. The molecule has 0 fully saturated rings. The van der Waals surface area contributed by atoms with Crippen molar-refractivity contribution in [2.24, 2.45) is 0 Å². The molecule has 0 amide bonds. The van der Waals surface area contributed by atoms with Crippen LogP contribution in [0, 0.1) is 13.8 Å². The third kappa shape index (κ3) is 3.97. The number of benzene rings is 1. The molecule has 0 aliphatic heterocycles. The van der Waals surface area contributed by atoms with Crippen molar-refractivity contribution in [2.45, 2.75) is 20.0 Å².